The van der Waals surface area contributed by atoms with Crippen LogP contribution in [0.3, 0.4) is 0 Å². The summed E-state index contributed by atoms with van der Waals surface area (Å²) in [6.07, 6.45) is -1.74. The third-order valence-corrected chi connectivity index (χ3v) is 4.89. The third-order valence-electron chi connectivity index (χ3n) is 3.47. The second kappa shape index (κ2) is 9.61. The highest BCUT2D eigenvalue weighted by atomic mass is 35.5. The smallest absolute Gasteiger partial charge is 0.303 e. The fourth-order valence-electron chi connectivity index (χ4n) is 2.53. The molecule has 0 bridgehead atoms. The lowest BCUT2D eigenvalue weighted by molar-refractivity contribution is -0.186. The average molecular weight is 429 g/mol. The van der Waals surface area contributed by atoms with E-state index in [1.165, 1.54) is 44.8 Å². The molecule has 1 aromatic rings. The van der Waals surface area contributed by atoms with E-state index in [4.69, 9.17) is 30.5 Å². The largest absolute Gasteiger partial charge is 0.473 e. The molecule has 0 amide bonds. The van der Waals surface area contributed by atoms with Gasteiger partial charge in [-0.15, -0.1) is 11.8 Å². The van der Waals surface area contributed by atoms with Gasteiger partial charge in [0, 0.05) is 38.8 Å². The van der Waals surface area contributed by atoms with Crippen LogP contribution in [0.5, 0.6) is 5.75 Å². The second-order valence-electron chi connectivity index (χ2n) is 5.73. The summed E-state index contributed by atoms with van der Waals surface area (Å²) in [6, 6.07) is 3.28. The zero-order valence-electron chi connectivity index (χ0n) is 15.2. The summed E-state index contributed by atoms with van der Waals surface area (Å²) in [5, 5.41) is 9.45. The van der Waals surface area contributed by atoms with Gasteiger partial charge in [0.25, 0.3) is 0 Å². The number of carbonyl (C=O) groups excluding carboxylic acids is 3. The maximum atomic E-state index is 11.6. The number of rotatable bonds is 5. The lowest BCUT2D eigenvalue weighted by Gasteiger charge is -2.39. The molecule has 0 unspecified atom stereocenters. The van der Waals surface area contributed by atoms with Crippen LogP contribution >= 0.6 is 23.4 Å². The van der Waals surface area contributed by atoms with E-state index in [2.05, 4.69) is 4.98 Å². The Hall–Kier alpha value is -2.51. The molecule has 9 nitrogen and oxygen atoms in total. The summed E-state index contributed by atoms with van der Waals surface area (Å²) in [4.78, 5) is 38.5. The minimum atomic E-state index is -1.10. The van der Waals surface area contributed by atoms with Gasteiger partial charge in [-0.3, -0.25) is 14.4 Å². The number of nitrogens with zero attached hydrogens (tertiary/aromatic N) is 2. The first kappa shape index (κ1) is 21.8. The Balaban J connectivity index is 2.36. The molecule has 2 rings (SSSR count). The Bertz CT molecular complexity index is 813. The van der Waals surface area contributed by atoms with Gasteiger partial charge in [-0.2, -0.15) is 5.26 Å². The molecule has 1 aliphatic heterocycles. The van der Waals surface area contributed by atoms with Crippen molar-refractivity contribution in [3.8, 4) is 11.8 Å². The van der Waals surface area contributed by atoms with Crippen molar-refractivity contribution in [3.63, 3.8) is 0 Å². The molecule has 0 aromatic carbocycles. The second-order valence-corrected chi connectivity index (χ2v) is 7.30. The minimum Gasteiger partial charge on any atom is -0.473 e. The Kier molecular flexibility index (Phi) is 7.48. The van der Waals surface area contributed by atoms with Crippen LogP contribution in [0.25, 0.3) is 0 Å². The van der Waals surface area contributed by atoms with Gasteiger partial charge in [0.05, 0.1) is 5.02 Å². The van der Waals surface area contributed by atoms with E-state index in [-0.39, 0.29) is 22.2 Å². The van der Waals surface area contributed by atoms with E-state index in [0.29, 0.717) is 0 Å². The van der Waals surface area contributed by atoms with Gasteiger partial charge in [0.15, 0.2) is 35.2 Å². The Morgan fingerprint density at radius 1 is 1.14 bits per heavy atom. The predicted molar refractivity (Wildman–Crippen MR) is 97.5 cm³/mol. The van der Waals surface area contributed by atoms with E-state index in [0.717, 1.165) is 0 Å². The van der Waals surface area contributed by atoms with Crippen LogP contribution < -0.4 is 4.74 Å². The summed E-state index contributed by atoms with van der Waals surface area (Å²) < 4.78 is 21.6. The molecule has 2 heterocycles. The first-order valence-electron chi connectivity index (χ1n) is 8.06. The van der Waals surface area contributed by atoms with E-state index >= 15 is 0 Å². The molecule has 0 saturated carbocycles. The van der Waals surface area contributed by atoms with E-state index in [1.54, 1.807) is 0 Å². The summed E-state index contributed by atoms with van der Waals surface area (Å²) in [5.74, 6) is -1.58. The SMILES string of the molecule is CC(=O)O[C@@H]1[C@@H](OC(C)=O)[C@H](OC(C)=O)CS[C@H]1Oc1cc(Cl)cnc1C#N. The molecule has 0 N–H and O–H groups in total. The number of carbonyl (C=O) groups is 3. The van der Waals surface area contributed by atoms with Crippen molar-refractivity contribution in [1.29, 1.82) is 5.26 Å². The number of hydrogen-bond acceptors (Lipinski definition) is 10. The Morgan fingerprint density at radius 3 is 2.32 bits per heavy atom. The van der Waals surface area contributed by atoms with Crippen molar-refractivity contribution in [2.75, 3.05) is 5.75 Å². The molecule has 11 heteroatoms. The number of nitriles is 1. The third kappa shape index (κ3) is 5.74. The zero-order chi connectivity index (χ0) is 20.8. The highest BCUT2D eigenvalue weighted by Crippen LogP contribution is 2.35. The van der Waals surface area contributed by atoms with Gasteiger partial charge in [-0.05, 0) is 0 Å². The maximum absolute atomic E-state index is 11.6. The van der Waals surface area contributed by atoms with Gasteiger partial charge in [0.2, 0.25) is 0 Å². The van der Waals surface area contributed by atoms with Crippen molar-refractivity contribution in [1.82, 2.24) is 4.98 Å². The van der Waals surface area contributed by atoms with E-state index in [9.17, 15) is 19.6 Å². The maximum Gasteiger partial charge on any atom is 0.303 e. The number of halogens is 1. The fourth-order valence-corrected chi connectivity index (χ4v) is 3.89. The topological polar surface area (TPSA) is 125 Å². The normalized spacial score (nSPS) is 23.8. The highest BCUT2D eigenvalue weighted by molar-refractivity contribution is 7.99. The van der Waals surface area contributed by atoms with Crippen molar-refractivity contribution in [2.45, 2.75) is 44.5 Å². The summed E-state index contributed by atoms with van der Waals surface area (Å²) in [7, 11) is 0. The number of pyridine rings is 1. The zero-order valence-corrected chi connectivity index (χ0v) is 16.8. The van der Waals surface area contributed by atoms with Crippen molar-refractivity contribution >= 4 is 41.3 Å². The van der Waals surface area contributed by atoms with Gasteiger partial charge in [-0.1, -0.05) is 11.6 Å². The first-order valence-corrected chi connectivity index (χ1v) is 9.49. The molecule has 1 aromatic heterocycles. The van der Waals surface area contributed by atoms with Crippen molar-refractivity contribution in [2.24, 2.45) is 0 Å². The predicted octanol–water partition coefficient (Wildman–Crippen LogP) is 1.85. The summed E-state index contributed by atoms with van der Waals surface area (Å²) in [6.45, 7) is 3.58. The Morgan fingerprint density at radius 2 is 1.75 bits per heavy atom. The molecule has 28 heavy (non-hydrogen) atoms. The van der Waals surface area contributed by atoms with Crippen LogP contribution in [0.4, 0.5) is 0 Å². The van der Waals surface area contributed by atoms with Crippen LogP contribution in [0, 0.1) is 11.3 Å². The number of hydrogen-bond donors (Lipinski definition) is 0. The van der Waals surface area contributed by atoms with Crippen molar-refractivity contribution in [3.05, 3.63) is 23.0 Å². The van der Waals surface area contributed by atoms with Crippen LogP contribution in [0.2, 0.25) is 5.02 Å². The van der Waals surface area contributed by atoms with Crippen LogP contribution in [0.15, 0.2) is 12.3 Å². The molecule has 150 valence electrons. The van der Waals surface area contributed by atoms with Crippen LogP contribution in [-0.2, 0) is 28.6 Å². The molecular weight excluding hydrogens is 412 g/mol. The molecule has 1 fully saturated rings. The summed E-state index contributed by atoms with van der Waals surface area (Å²) >= 11 is 7.09. The van der Waals surface area contributed by atoms with Crippen molar-refractivity contribution < 1.29 is 33.3 Å². The van der Waals surface area contributed by atoms with E-state index < -0.39 is 41.7 Å². The lowest BCUT2D eigenvalue weighted by Crippen LogP contribution is -2.55. The van der Waals surface area contributed by atoms with E-state index in [1.807, 2.05) is 6.07 Å². The number of ether oxygens (including phenoxy) is 4. The van der Waals surface area contributed by atoms with Crippen LogP contribution in [0.1, 0.15) is 26.5 Å². The monoisotopic (exact) mass is 428 g/mol. The van der Waals surface area contributed by atoms with Gasteiger partial charge in [-0.25, -0.2) is 4.98 Å². The van der Waals surface area contributed by atoms with Crippen LogP contribution in [-0.4, -0.2) is 52.4 Å². The summed E-state index contributed by atoms with van der Waals surface area (Å²) in [5.41, 5.74) is -0.884. The van der Waals surface area contributed by atoms with Gasteiger partial charge >= 0.3 is 17.9 Å². The first-order chi connectivity index (χ1) is 13.2. The molecule has 1 aliphatic rings. The number of esters is 3. The van der Waals surface area contributed by atoms with Gasteiger partial charge < -0.3 is 18.9 Å². The molecule has 4 atom stereocenters. The lowest BCUT2D eigenvalue weighted by atomic mass is 10.1. The molecule has 1 saturated heterocycles. The minimum absolute atomic E-state index is 0.0160. The molecular formula is C17H17ClN2O7S. The number of aromatic nitrogens is 1. The quantitative estimate of drug-likeness (QED) is 0.506. The standard InChI is InChI=1S/C17H17ClN2O7S/c1-8(21)24-14-7-28-17(16(26-10(3)23)15(14)25-9(2)22)27-13-4-11(18)6-20-12(13)5-19/h4,6,14-17H,7H2,1-3H3/t14-,15+,16-,17-/m1/s1. The molecule has 0 spiro atoms. The van der Waals surface area contributed by atoms with Gasteiger partial charge in [0.1, 0.15) is 6.07 Å². The fraction of sp³-hybridized carbons (Fsp3) is 0.471. The highest BCUT2D eigenvalue weighted by Gasteiger charge is 2.47. The Labute approximate surface area is 170 Å². The average Bonchev–Trinajstić information content (AvgIpc) is 2.59. The number of thioether (sulfide) groups is 1. The molecule has 0 aliphatic carbocycles. The molecule has 0 radical (unpaired) electrons.